The van der Waals surface area contributed by atoms with Crippen molar-refractivity contribution >= 4 is 17.4 Å². The summed E-state index contributed by atoms with van der Waals surface area (Å²) in [5.74, 6) is 1.53. The normalized spacial score (nSPS) is 17.0. The Morgan fingerprint density at radius 2 is 2.08 bits per heavy atom. The summed E-state index contributed by atoms with van der Waals surface area (Å²) in [4.78, 5) is 30.2. The number of nitrogens with zero attached hydrogens (tertiary/aromatic N) is 6. The highest BCUT2D eigenvalue weighted by atomic mass is 16.2. The van der Waals surface area contributed by atoms with E-state index in [9.17, 15) is 4.79 Å². The fourth-order valence-corrected chi connectivity index (χ4v) is 3.49. The molecular weight excluding hydrogens is 328 g/mol. The number of aromatic nitrogens is 4. The lowest BCUT2D eigenvalue weighted by Gasteiger charge is -2.23. The van der Waals surface area contributed by atoms with Crippen LogP contribution in [0.1, 0.15) is 42.1 Å². The fourth-order valence-electron chi connectivity index (χ4n) is 3.49. The number of pyridine rings is 1. The number of fused-ring (bicyclic) bond motifs is 1. The third-order valence-corrected chi connectivity index (χ3v) is 4.96. The van der Waals surface area contributed by atoms with Gasteiger partial charge in [-0.05, 0) is 38.0 Å². The van der Waals surface area contributed by atoms with Crippen LogP contribution in [0.2, 0.25) is 0 Å². The van der Waals surface area contributed by atoms with Gasteiger partial charge in [-0.25, -0.2) is 15.0 Å². The van der Waals surface area contributed by atoms with Crippen LogP contribution < -0.4 is 4.90 Å². The van der Waals surface area contributed by atoms with E-state index in [4.69, 9.17) is 4.98 Å². The lowest BCUT2D eigenvalue weighted by molar-refractivity contribution is 0.0799. The summed E-state index contributed by atoms with van der Waals surface area (Å²) in [6.45, 7) is 3.49. The summed E-state index contributed by atoms with van der Waals surface area (Å²) < 4.78 is 2.03. The van der Waals surface area contributed by atoms with Crippen molar-refractivity contribution in [3.8, 4) is 0 Å². The van der Waals surface area contributed by atoms with Crippen LogP contribution in [0.25, 0.3) is 5.52 Å². The topological polar surface area (TPSA) is 66.6 Å². The Labute approximate surface area is 152 Å². The predicted molar refractivity (Wildman–Crippen MR) is 99.2 cm³/mol. The van der Waals surface area contributed by atoms with Gasteiger partial charge in [0.1, 0.15) is 5.82 Å². The van der Waals surface area contributed by atoms with Crippen LogP contribution in [0.15, 0.2) is 42.9 Å². The lowest BCUT2D eigenvalue weighted by atomic mass is 10.2. The Bertz CT molecular complexity index is 922. The van der Waals surface area contributed by atoms with E-state index < -0.39 is 0 Å². The molecule has 4 heterocycles. The number of hydrogen-bond donors (Lipinski definition) is 0. The number of anilines is 1. The molecule has 3 aromatic heterocycles. The Morgan fingerprint density at radius 1 is 1.27 bits per heavy atom. The molecule has 134 valence electrons. The predicted octanol–water partition coefficient (Wildman–Crippen LogP) is 2.56. The van der Waals surface area contributed by atoms with Gasteiger partial charge in [0.2, 0.25) is 5.95 Å². The van der Waals surface area contributed by atoms with Crippen LogP contribution in [-0.2, 0) is 0 Å². The Balaban J connectivity index is 1.80. The Hall–Kier alpha value is -2.96. The molecule has 7 heteroatoms. The fraction of sp³-hybridized carbons (Fsp3) is 0.368. The molecule has 0 spiro atoms. The zero-order chi connectivity index (χ0) is 18.1. The van der Waals surface area contributed by atoms with Crippen LogP contribution in [0.4, 0.5) is 5.95 Å². The van der Waals surface area contributed by atoms with Gasteiger partial charge in [0, 0.05) is 38.7 Å². The van der Waals surface area contributed by atoms with E-state index in [0.717, 1.165) is 30.7 Å². The monoisotopic (exact) mass is 350 g/mol. The third kappa shape index (κ3) is 2.69. The lowest BCUT2D eigenvalue weighted by Crippen LogP contribution is -2.27. The maximum Gasteiger partial charge on any atom is 0.274 e. The van der Waals surface area contributed by atoms with Gasteiger partial charge in [0.05, 0.1) is 11.6 Å². The van der Waals surface area contributed by atoms with Crippen LogP contribution in [0.5, 0.6) is 0 Å². The first-order valence-corrected chi connectivity index (χ1v) is 8.96. The van der Waals surface area contributed by atoms with E-state index in [2.05, 4.69) is 14.9 Å². The highest BCUT2D eigenvalue weighted by Crippen LogP contribution is 2.34. The van der Waals surface area contributed by atoms with Crippen molar-refractivity contribution in [2.45, 2.75) is 25.8 Å². The molecule has 0 N–H and O–H groups in total. The van der Waals surface area contributed by atoms with Crippen molar-refractivity contribution in [3.05, 3.63) is 54.4 Å². The quantitative estimate of drug-likeness (QED) is 0.723. The summed E-state index contributed by atoms with van der Waals surface area (Å²) >= 11 is 0. The standard InChI is InChI=1S/C19H22N6O/c1-3-23(2)18(26)16-14-8-4-5-12-24(14)17(22-16)15-9-6-13-25(15)19-20-10-7-11-21-19/h4-5,7-8,10-12,15H,3,6,9,13H2,1-2H3/t15-/m1/s1. The Morgan fingerprint density at radius 3 is 2.85 bits per heavy atom. The number of carbonyl (C=O) groups excluding carboxylic acids is 1. The van der Waals surface area contributed by atoms with Gasteiger partial charge in [-0.15, -0.1) is 0 Å². The number of amides is 1. The molecule has 4 rings (SSSR count). The maximum atomic E-state index is 12.8. The molecule has 0 aliphatic carbocycles. The van der Waals surface area contributed by atoms with Gasteiger partial charge in [-0.1, -0.05) is 6.07 Å². The largest absolute Gasteiger partial charge is 0.341 e. The zero-order valence-electron chi connectivity index (χ0n) is 15.0. The Kier molecular flexibility index (Phi) is 4.28. The second kappa shape index (κ2) is 6.74. The molecule has 1 fully saturated rings. The SMILES string of the molecule is CCN(C)C(=O)c1nc([C@H]2CCCN2c2ncccn2)n2ccccc12. The second-order valence-electron chi connectivity index (χ2n) is 6.49. The molecule has 7 nitrogen and oxygen atoms in total. The van der Waals surface area contributed by atoms with Gasteiger partial charge in [0.15, 0.2) is 5.69 Å². The van der Waals surface area contributed by atoms with E-state index in [-0.39, 0.29) is 11.9 Å². The first kappa shape index (κ1) is 16.5. The van der Waals surface area contributed by atoms with Crippen molar-refractivity contribution in [3.63, 3.8) is 0 Å². The molecule has 0 saturated carbocycles. The average Bonchev–Trinajstić information content (AvgIpc) is 3.32. The maximum absolute atomic E-state index is 12.8. The first-order valence-electron chi connectivity index (χ1n) is 8.96. The van der Waals surface area contributed by atoms with E-state index in [1.807, 2.05) is 41.8 Å². The van der Waals surface area contributed by atoms with E-state index in [1.165, 1.54) is 0 Å². The number of hydrogen-bond acceptors (Lipinski definition) is 5. The van der Waals surface area contributed by atoms with Crippen molar-refractivity contribution in [1.29, 1.82) is 0 Å². The number of imidazole rings is 1. The van der Waals surface area contributed by atoms with Crippen molar-refractivity contribution in [1.82, 2.24) is 24.3 Å². The summed E-state index contributed by atoms with van der Waals surface area (Å²) in [7, 11) is 1.80. The molecule has 1 amide bonds. The summed E-state index contributed by atoms with van der Waals surface area (Å²) in [5, 5.41) is 0. The van der Waals surface area contributed by atoms with Crippen LogP contribution >= 0.6 is 0 Å². The van der Waals surface area contributed by atoms with Gasteiger partial charge < -0.3 is 14.2 Å². The minimum Gasteiger partial charge on any atom is -0.341 e. The molecule has 1 saturated heterocycles. The van der Waals surface area contributed by atoms with Crippen molar-refractivity contribution in [2.24, 2.45) is 0 Å². The number of carbonyl (C=O) groups is 1. The number of rotatable bonds is 4. The molecule has 3 aromatic rings. The highest BCUT2D eigenvalue weighted by molar-refractivity contribution is 5.99. The molecule has 0 aromatic carbocycles. The minimum absolute atomic E-state index is 0.0528. The van der Waals surface area contributed by atoms with Gasteiger partial charge >= 0.3 is 0 Å². The van der Waals surface area contributed by atoms with Crippen LogP contribution in [0.3, 0.4) is 0 Å². The first-order chi connectivity index (χ1) is 12.7. The van der Waals surface area contributed by atoms with Gasteiger partial charge in [0.25, 0.3) is 5.91 Å². The van der Waals surface area contributed by atoms with Crippen LogP contribution in [-0.4, -0.2) is 50.3 Å². The van der Waals surface area contributed by atoms with E-state index >= 15 is 0 Å². The molecule has 1 aliphatic heterocycles. The van der Waals surface area contributed by atoms with E-state index in [1.54, 1.807) is 24.3 Å². The average molecular weight is 350 g/mol. The second-order valence-corrected chi connectivity index (χ2v) is 6.49. The van der Waals surface area contributed by atoms with E-state index in [0.29, 0.717) is 18.2 Å². The van der Waals surface area contributed by atoms with Gasteiger partial charge in [-0.2, -0.15) is 0 Å². The van der Waals surface area contributed by atoms with Crippen molar-refractivity contribution < 1.29 is 4.79 Å². The van der Waals surface area contributed by atoms with Gasteiger partial charge in [-0.3, -0.25) is 4.79 Å². The minimum atomic E-state index is -0.0528. The van der Waals surface area contributed by atoms with Crippen molar-refractivity contribution in [2.75, 3.05) is 25.0 Å². The van der Waals surface area contributed by atoms with Crippen LogP contribution in [0, 0.1) is 0 Å². The zero-order valence-corrected chi connectivity index (χ0v) is 15.0. The molecule has 0 radical (unpaired) electrons. The third-order valence-electron chi connectivity index (χ3n) is 4.96. The molecular formula is C19H22N6O. The molecule has 26 heavy (non-hydrogen) atoms. The molecule has 1 aliphatic rings. The molecule has 0 bridgehead atoms. The summed E-state index contributed by atoms with van der Waals surface area (Å²) in [5.41, 5.74) is 1.35. The highest BCUT2D eigenvalue weighted by Gasteiger charge is 2.33. The summed E-state index contributed by atoms with van der Waals surface area (Å²) in [6, 6.07) is 7.73. The smallest absolute Gasteiger partial charge is 0.274 e. The summed E-state index contributed by atoms with van der Waals surface area (Å²) in [6.07, 6.45) is 7.49. The molecule has 0 unspecified atom stereocenters. The molecule has 1 atom stereocenters.